The zero-order chi connectivity index (χ0) is 55.2. The summed E-state index contributed by atoms with van der Waals surface area (Å²) in [5.41, 5.74) is 19.2. The highest BCUT2D eigenvalue weighted by Crippen LogP contribution is 2.49. The van der Waals surface area contributed by atoms with Crippen molar-refractivity contribution in [1.82, 2.24) is 9.13 Å². The molecule has 17 rings (SSSR count). The largest absolute Gasteiger partial charge is 0.455 e. The van der Waals surface area contributed by atoms with Crippen LogP contribution in [0, 0.1) is 0 Å². The van der Waals surface area contributed by atoms with E-state index < -0.39 is 0 Å². The molecular weight excluding hydrogens is 1040 g/mol. The van der Waals surface area contributed by atoms with Crippen molar-refractivity contribution in [3.05, 3.63) is 303 Å². The number of thiophene rings is 1. The van der Waals surface area contributed by atoms with Gasteiger partial charge in [-0.2, -0.15) is 0 Å². The Labute approximate surface area is 488 Å². The Morgan fingerprint density at radius 1 is 0.274 bits per heavy atom. The number of fused-ring (bicyclic) bond motifs is 14. The summed E-state index contributed by atoms with van der Waals surface area (Å²) in [4.78, 5) is 4.73. The van der Waals surface area contributed by atoms with E-state index in [4.69, 9.17) is 4.42 Å². The maximum absolute atomic E-state index is 7.50. The molecule has 0 aliphatic rings. The van der Waals surface area contributed by atoms with E-state index in [1.807, 2.05) is 11.3 Å². The van der Waals surface area contributed by atoms with Gasteiger partial charge in [0, 0.05) is 76.8 Å². The van der Waals surface area contributed by atoms with Crippen LogP contribution in [0.2, 0.25) is 0 Å². The summed E-state index contributed by atoms with van der Waals surface area (Å²) in [6, 6.07) is 110. The number of furan rings is 1. The van der Waals surface area contributed by atoms with E-state index in [1.165, 1.54) is 25.9 Å². The fourth-order valence-corrected chi connectivity index (χ4v) is 14.4. The molecule has 5 nitrogen and oxygen atoms in total. The third-order valence-electron chi connectivity index (χ3n) is 16.8. The van der Waals surface area contributed by atoms with Gasteiger partial charge >= 0.3 is 0 Å². The number of benzene rings is 13. The van der Waals surface area contributed by atoms with Gasteiger partial charge in [-0.1, -0.05) is 170 Å². The SMILES string of the molecule is c1ccc(-c2cc(-c3cc(N(c4ccccc4)c4ccccc4)cc(N(c4ccccc4)c4ccccc4)c3)cc(-n3c4ccccc4c4c5oc6c(ccc7c6c6ccccc6n7-c6cccc7c6sc6ccccc67)c5ccc43)c2)cc1. The summed E-state index contributed by atoms with van der Waals surface area (Å²) in [6.07, 6.45) is 0. The molecule has 0 amide bonds. The van der Waals surface area contributed by atoms with Crippen molar-refractivity contribution >= 4 is 131 Å². The first-order valence-corrected chi connectivity index (χ1v) is 29.4. The normalized spacial score (nSPS) is 11.8. The molecule has 0 unspecified atom stereocenters. The van der Waals surface area contributed by atoms with Gasteiger partial charge in [-0.25, -0.2) is 0 Å². The number of hydrogen-bond acceptors (Lipinski definition) is 4. The third-order valence-corrected chi connectivity index (χ3v) is 18.0. The summed E-state index contributed by atoms with van der Waals surface area (Å²) in [5, 5.41) is 9.26. The first-order chi connectivity index (χ1) is 41.7. The Morgan fingerprint density at radius 2 is 0.702 bits per heavy atom. The van der Waals surface area contributed by atoms with Crippen LogP contribution in [0.4, 0.5) is 34.1 Å². The summed E-state index contributed by atoms with van der Waals surface area (Å²) in [5.74, 6) is 0. The number of nitrogens with zero attached hydrogens (tertiary/aromatic N) is 4. The predicted octanol–water partition coefficient (Wildman–Crippen LogP) is 22.4. The number of hydrogen-bond donors (Lipinski definition) is 0. The van der Waals surface area contributed by atoms with Crippen LogP contribution < -0.4 is 9.80 Å². The smallest absolute Gasteiger partial charge is 0.145 e. The highest BCUT2D eigenvalue weighted by molar-refractivity contribution is 7.26. The van der Waals surface area contributed by atoms with Crippen molar-refractivity contribution in [2.75, 3.05) is 9.80 Å². The minimum Gasteiger partial charge on any atom is -0.455 e. The van der Waals surface area contributed by atoms with Crippen molar-refractivity contribution in [1.29, 1.82) is 0 Å². The third kappa shape index (κ3) is 7.62. The van der Waals surface area contributed by atoms with E-state index >= 15 is 0 Å². The lowest BCUT2D eigenvalue weighted by Crippen LogP contribution is -2.13. The molecule has 0 aliphatic carbocycles. The van der Waals surface area contributed by atoms with Crippen molar-refractivity contribution < 1.29 is 4.42 Å². The molecule has 0 bridgehead atoms. The highest BCUT2D eigenvalue weighted by atomic mass is 32.1. The number of aromatic nitrogens is 2. The van der Waals surface area contributed by atoms with Gasteiger partial charge in [0.25, 0.3) is 0 Å². The molecule has 4 aromatic heterocycles. The standard InChI is InChI=1S/C78H50N4OS/c1-6-23-51(24-7-1)52-45-53(54-48-60(79(55-25-8-2-9-26-55)56-27-10-3-11-28-56)50-61(49-54)80(57-29-12-4-13-30-57)58-31-14-5-15-32-58)47-59(46-52)81-68-37-19-16-34-66(68)74-70(81)43-41-63-64-42-44-71-75(77(64)83-76(63)74)67-35-17-20-38-69(67)82(71)72-39-22-36-65-62-33-18-21-40-73(62)84-78(65)72/h1-50H. The molecule has 0 radical (unpaired) electrons. The van der Waals surface area contributed by atoms with Crippen LogP contribution >= 0.6 is 11.3 Å². The van der Waals surface area contributed by atoms with Gasteiger partial charge in [0.15, 0.2) is 0 Å². The molecule has 0 aliphatic heterocycles. The second kappa shape index (κ2) is 19.4. The van der Waals surface area contributed by atoms with E-state index in [0.717, 1.165) is 128 Å². The second-order valence-corrected chi connectivity index (χ2v) is 22.7. The molecule has 84 heavy (non-hydrogen) atoms. The first-order valence-electron chi connectivity index (χ1n) is 28.6. The molecule has 13 aromatic carbocycles. The monoisotopic (exact) mass is 1090 g/mol. The predicted molar refractivity (Wildman–Crippen MR) is 356 cm³/mol. The zero-order valence-corrected chi connectivity index (χ0v) is 46.3. The molecule has 0 saturated carbocycles. The van der Waals surface area contributed by atoms with Gasteiger partial charge in [-0.05, 0) is 156 Å². The fourth-order valence-electron chi connectivity index (χ4n) is 13.2. The molecule has 17 aromatic rings. The lowest BCUT2D eigenvalue weighted by Gasteiger charge is -2.30. The average molecular weight is 1090 g/mol. The second-order valence-electron chi connectivity index (χ2n) is 21.6. The van der Waals surface area contributed by atoms with E-state index in [1.54, 1.807) is 0 Å². The molecule has 0 saturated heterocycles. The first kappa shape index (κ1) is 47.8. The lowest BCUT2D eigenvalue weighted by molar-refractivity contribution is 0.677. The van der Waals surface area contributed by atoms with E-state index in [-0.39, 0.29) is 0 Å². The molecule has 0 atom stereocenters. The van der Waals surface area contributed by atoms with Gasteiger partial charge in [-0.15, -0.1) is 11.3 Å². The van der Waals surface area contributed by atoms with Gasteiger partial charge in [0.2, 0.25) is 0 Å². The maximum Gasteiger partial charge on any atom is 0.145 e. The van der Waals surface area contributed by atoms with Gasteiger partial charge < -0.3 is 23.4 Å². The van der Waals surface area contributed by atoms with Crippen LogP contribution in [0.1, 0.15) is 0 Å². The van der Waals surface area contributed by atoms with Crippen LogP contribution in [0.25, 0.3) is 119 Å². The quantitative estimate of drug-likeness (QED) is 0.137. The Bertz CT molecular complexity index is 5190. The molecule has 0 N–H and O–H groups in total. The molecule has 0 fully saturated rings. The van der Waals surface area contributed by atoms with Crippen LogP contribution in [0.3, 0.4) is 0 Å². The highest BCUT2D eigenvalue weighted by Gasteiger charge is 2.25. The average Bonchev–Trinajstić information content (AvgIpc) is 1.69. The molecule has 0 spiro atoms. The van der Waals surface area contributed by atoms with E-state index in [9.17, 15) is 0 Å². The number of para-hydroxylation sites is 6. The van der Waals surface area contributed by atoms with Gasteiger partial charge in [0.1, 0.15) is 11.2 Å². The van der Waals surface area contributed by atoms with Crippen LogP contribution in [-0.4, -0.2) is 9.13 Å². The fraction of sp³-hybridized carbons (Fsp3) is 0. The summed E-state index contributed by atoms with van der Waals surface area (Å²) >= 11 is 1.86. The maximum atomic E-state index is 7.50. The Balaban J connectivity index is 0.909. The Kier molecular flexibility index (Phi) is 11.0. The van der Waals surface area contributed by atoms with Gasteiger partial charge in [0.05, 0.1) is 43.2 Å². The Hall–Kier alpha value is -10.9. The van der Waals surface area contributed by atoms with E-state index in [0.29, 0.717) is 0 Å². The zero-order valence-electron chi connectivity index (χ0n) is 45.5. The lowest BCUT2D eigenvalue weighted by atomic mass is 9.96. The number of anilines is 6. The number of rotatable bonds is 10. The molecule has 4 heterocycles. The summed E-state index contributed by atoms with van der Waals surface area (Å²) < 4.78 is 15.0. The van der Waals surface area contributed by atoms with Gasteiger partial charge in [-0.3, -0.25) is 0 Å². The minimum absolute atomic E-state index is 0.883. The molecular formula is C78H50N4OS. The van der Waals surface area contributed by atoms with Crippen LogP contribution in [-0.2, 0) is 0 Å². The van der Waals surface area contributed by atoms with Crippen molar-refractivity contribution in [2.45, 2.75) is 0 Å². The van der Waals surface area contributed by atoms with Crippen molar-refractivity contribution in [2.24, 2.45) is 0 Å². The topological polar surface area (TPSA) is 29.5 Å². The summed E-state index contributed by atoms with van der Waals surface area (Å²) in [6.45, 7) is 0. The molecule has 6 heteroatoms. The van der Waals surface area contributed by atoms with Crippen molar-refractivity contribution in [3.63, 3.8) is 0 Å². The molecule has 394 valence electrons. The van der Waals surface area contributed by atoms with Crippen molar-refractivity contribution in [3.8, 4) is 33.6 Å². The van der Waals surface area contributed by atoms with E-state index in [2.05, 4.69) is 322 Å². The summed E-state index contributed by atoms with van der Waals surface area (Å²) in [7, 11) is 0. The Morgan fingerprint density at radius 3 is 1.25 bits per heavy atom. The minimum atomic E-state index is 0.883. The van der Waals surface area contributed by atoms with Crippen LogP contribution in [0.15, 0.2) is 308 Å². The van der Waals surface area contributed by atoms with Crippen LogP contribution in [0.5, 0.6) is 0 Å².